The molecule has 0 amide bonds. The van der Waals surface area contributed by atoms with Gasteiger partial charge < -0.3 is 5.32 Å². The highest BCUT2D eigenvalue weighted by molar-refractivity contribution is 7.11. The number of hydrogen-bond acceptors (Lipinski definition) is 6. The smallest absolute Gasteiger partial charge is 0.263 e. The third kappa shape index (κ3) is 3.25. The molecule has 138 valence electrons. The Hall–Kier alpha value is -2.22. The Labute approximate surface area is 155 Å². The molecule has 0 fully saturated rings. The van der Waals surface area contributed by atoms with Gasteiger partial charge in [-0.3, -0.25) is 9.78 Å². The van der Waals surface area contributed by atoms with E-state index in [-0.39, 0.29) is 11.1 Å². The first-order valence-corrected chi connectivity index (χ1v) is 9.93. The van der Waals surface area contributed by atoms with Gasteiger partial charge in [0.1, 0.15) is 5.39 Å². The van der Waals surface area contributed by atoms with Gasteiger partial charge in [-0.05, 0) is 46.5 Å². The number of aromatic amines is 1. The van der Waals surface area contributed by atoms with Crippen LogP contribution in [0.3, 0.4) is 0 Å². The molecular weight excluding hydrogens is 348 g/mol. The summed E-state index contributed by atoms with van der Waals surface area (Å²) in [5.74, 6) is 0.481. The summed E-state index contributed by atoms with van der Waals surface area (Å²) in [6.07, 6.45) is 7.22. The topological polar surface area (TPSA) is 88.5 Å². The summed E-state index contributed by atoms with van der Waals surface area (Å²) in [5, 5.41) is 9.24. The number of nitrogens with zero attached hydrogens (tertiary/aromatic N) is 4. The molecule has 0 saturated heterocycles. The van der Waals surface area contributed by atoms with Gasteiger partial charge in [-0.25, -0.2) is 9.67 Å². The largest absolute Gasteiger partial charge is 0.355 e. The monoisotopic (exact) mass is 372 g/mol. The summed E-state index contributed by atoms with van der Waals surface area (Å²) in [7, 11) is 0. The standard InChI is InChI=1S/C18H24N6OS/c1-18(2,3)24-15-11(10-20-24)16(25)23-17(22-15)19-9-8-14-21-12-6-4-5-7-13(12)26-14/h10H,4-9H2,1-3H3,(H2,19,22,23,25). The van der Waals surface area contributed by atoms with E-state index in [4.69, 9.17) is 4.98 Å². The van der Waals surface area contributed by atoms with Crippen LogP contribution < -0.4 is 10.9 Å². The van der Waals surface area contributed by atoms with E-state index in [9.17, 15) is 4.79 Å². The summed E-state index contributed by atoms with van der Waals surface area (Å²) >= 11 is 1.83. The van der Waals surface area contributed by atoms with Crippen molar-refractivity contribution in [1.82, 2.24) is 24.7 Å². The Morgan fingerprint density at radius 1 is 1.27 bits per heavy atom. The molecule has 0 saturated carbocycles. The molecule has 1 aliphatic rings. The predicted molar refractivity (Wildman–Crippen MR) is 104 cm³/mol. The molecule has 3 heterocycles. The number of aromatic nitrogens is 5. The highest BCUT2D eigenvalue weighted by Gasteiger charge is 2.20. The number of anilines is 1. The van der Waals surface area contributed by atoms with Crippen molar-refractivity contribution >= 4 is 28.3 Å². The number of H-pyrrole nitrogens is 1. The van der Waals surface area contributed by atoms with Crippen molar-refractivity contribution < 1.29 is 0 Å². The van der Waals surface area contributed by atoms with E-state index >= 15 is 0 Å². The molecule has 0 spiro atoms. The highest BCUT2D eigenvalue weighted by atomic mass is 32.1. The van der Waals surface area contributed by atoms with Gasteiger partial charge in [0, 0.05) is 17.8 Å². The number of rotatable bonds is 4. The van der Waals surface area contributed by atoms with E-state index in [1.807, 2.05) is 32.1 Å². The van der Waals surface area contributed by atoms with E-state index in [0.717, 1.165) is 17.8 Å². The van der Waals surface area contributed by atoms with Crippen molar-refractivity contribution in [3.8, 4) is 0 Å². The summed E-state index contributed by atoms with van der Waals surface area (Å²) in [4.78, 5) is 25.9. The van der Waals surface area contributed by atoms with Gasteiger partial charge in [-0.15, -0.1) is 11.3 Å². The Balaban J connectivity index is 1.50. The zero-order valence-electron chi connectivity index (χ0n) is 15.4. The number of hydrogen-bond donors (Lipinski definition) is 2. The van der Waals surface area contributed by atoms with Crippen LogP contribution in [0.5, 0.6) is 0 Å². The number of thiazole rings is 1. The van der Waals surface area contributed by atoms with Crippen LogP contribution in [0.4, 0.5) is 5.95 Å². The van der Waals surface area contributed by atoms with Crippen molar-refractivity contribution in [2.75, 3.05) is 11.9 Å². The van der Waals surface area contributed by atoms with Crippen LogP contribution >= 0.6 is 11.3 Å². The average molecular weight is 372 g/mol. The second-order valence-electron chi connectivity index (χ2n) is 7.74. The van der Waals surface area contributed by atoms with Crippen LogP contribution in [0.2, 0.25) is 0 Å². The average Bonchev–Trinajstić information content (AvgIpc) is 3.18. The summed E-state index contributed by atoms with van der Waals surface area (Å²) in [5.41, 5.74) is 1.49. The van der Waals surface area contributed by atoms with Gasteiger partial charge in [0.25, 0.3) is 5.56 Å². The van der Waals surface area contributed by atoms with Gasteiger partial charge in [-0.2, -0.15) is 10.1 Å². The molecule has 0 aromatic carbocycles. The van der Waals surface area contributed by atoms with E-state index in [2.05, 4.69) is 20.4 Å². The van der Waals surface area contributed by atoms with E-state index in [1.165, 1.54) is 29.8 Å². The van der Waals surface area contributed by atoms with Gasteiger partial charge in [0.15, 0.2) is 5.65 Å². The van der Waals surface area contributed by atoms with Crippen molar-refractivity contribution in [3.05, 3.63) is 32.1 Å². The zero-order chi connectivity index (χ0) is 18.3. The molecule has 1 aliphatic carbocycles. The van der Waals surface area contributed by atoms with Gasteiger partial charge in [-0.1, -0.05) is 0 Å². The van der Waals surface area contributed by atoms with Crippen molar-refractivity contribution in [2.45, 2.75) is 58.4 Å². The first-order chi connectivity index (χ1) is 12.4. The van der Waals surface area contributed by atoms with Crippen LogP contribution in [0.15, 0.2) is 11.0 Å². The maximum absolute atomic E-state index is 12.3. The molecule has 2 N–H and O–H groups in total. The Bertz CT molecular complexity index is 970. The number of nitrogens with one attached hydrogen (secondary N) is 2. The molecule has 0 bridgehead atoms. The minimum Gasteiger partial charge on any atom is -0.355 e. The molecule has 3 aromatic rings. The molecule has 3 aromatic heterocycles. The molecule has 0 unspecified atom stereocenters. The van der Waals surface area contributed by atoms with Gasteiger partial charge >= 0.3 is 0 Å². The molecule has 26 heavy (non-hydrogen) atoms. The third-order valence-corrected chi connectivity index (χ3v) is 5.81. The summed E-state index contributed by atoms with van der Waals surface area (Å²) in [6.45, 7) is 6.81. The Kier molecular flexibility index (Phi) is 4.30. The van der Waals surface area contributed by atoms with Crippen LogP contribution in [0.1, 0.15) is 49.2 Å². The molecule has 8 heteroatoms. The third-order valence-electron chi connectivity index (χ3n) is 4.59. The molecule has 4 rings (SSSR count). The lowest BCUT2D eigenvalue weighted by Gasteiger charge is -2.19. The fraction of sp³-hybridized carbons (Fsp3) is 0.556. The molecular formula is C18H24N6OS. The number of aryl methyl sites for hydroxylation is 2. The first kappa shape index (κ1) is 17.2. The maximum atomic E-state index is 12.3. The van der Waals surface area contributed by atoms with E-state index < -0.39 is 0 Å². The highest BCUT2D eigenvalue weighted by Crippen LogP contribution is 2.26. The molecule has 0 aliphatic heterocycles. The normalized spacial score (nSPS) is 14.6. The van der Waals surface area contributed by atoms with Crippen LogP contribution in [-0.4, -0.2) is 31.3 Å². The van der Waals surface area contributed by atoms with E-state index in [0.29, 0.717) is 23.5 Å². The minimum atomic E-state index is -0.236. The lowest BCUT2D eigenvalue weighted by Crippen LogP contribution is -2.24. The summed E-state index contributed by atoms with van der Waals surface area (Å²) in [6, 6.07) is 0. The summed E-state index contributed by atoms with van der Waals surface area (Å²) < 4.78 is 1.79. The molecule has 0 radical (unpaired) electrons. The fourth-order valence-corrected chi connectivity index (χ4v) is 4.45. The maximum Gasteiger partial charge on any atom is 0.263 e. The lowest BCUT2D eigenvalue weighted by atomic mass is 10.0. The second kappa shape index (κ2) is 6.50. The quantitative estimate of drug-likeness (QED) is 0.735. The van der Waals surface area contributed by atoms with Crippen molar-refractivity contribution in [3.63, 3.8) is 0 Å². The van der Waals surface area contributed by atoms with Gasteiger partial charge in [0.05, 0.1) is 22.4 Å². The Morgan fingerprint density at radius 2 is 2.08 bits per heavy atom. The van der Waals surface area contributed by atoms with E-state index in [1.54, 1.807) is 10.9 Å². The molecule has 0 atom stereocenters. The minimum absolute atomic E-state index is 0.169. The fourth-order valence-electron chi connectivity index (χ4n) is 3.29. The van der Waals surface area contributed by atoms with Crippen LogP contribution in [-0.2, 0) is 24.8 Å². The lowest BCUT2D eigenvalue weighted by molar-refractivity contribution is 0.366. The van der Waals surface area contributed by atoms with Gasteiger partial charge in [0.2, 0.25) is 5.95 Å². The van der Waals surface area contributed by atoms with Crippen molar-refractivity contribution in [2.24, 2.45) is 0 Å². The molecule has 7 nitrogen and oxygen atoms in total. The second-order valence-corrected chi connectivity index (χ2v) is 8.91. The predicted octanol–water partition coefficient (Wildman–Crippen LogP) is 2.86. The SMILES string of the molecule is CC(C)(C)n1ncc2c(=O)[nH]c(NCCc3nc4c(s3)CCCC4)nc21. The van der Waals surface area contributed by atoms with Crippen LogP contribution in [0.25, 0.3) is 11.0 Å². The Morgan fingerprint density at radius 3 is 2.85 bits per heavy atom. The zero-order valence-corrected chi connectivity index (χ0v) is 16.2. The number of fused-ring (bicyclic) bond motifs is 2. The van der Waals surface area contributed by atoms with Crippen molar-refractivity contribution in [1.29, 1.82) is 0 Å². The first-order valence-electron chi connectivity index (χ1n) is 9.12. The van der Waals surface area contributed by atoms with Crippen LogP contribution in [0, 0.1) is 0 Å².